The van der Waals surface area contributed by atoms with Gasteiger partial charge >= 0.3 is 0 Å². The summed E-state index contributed by atoms with van der Waals surface area (Å²) in [6.07, 6.45) is 6.59. The van der Waals surface area contributed by atoms with Crippen molar-refractivity contribution >= 4 is 11.8 Å². The zero-order valence-corrected chi connectivity index (χ0v) is 19.0. The molecule has 4 rings (SSSR count). The van der Waals surface area contributed by atoms with Crippen LogP contribution in [0, 0.1) is 18.0 Å². The molecule has 1 saturated heterocycles. The highest BCUT2D eigenvalue weighted by molar-refractivity contribution is 5.95. The largest absolute Gasteiger partial charge is 0.619 e. The lowest BCUT2D eigenvalue weighted by atomic mass is 9.84. The third kappa shape index (κ3) is 5.08. The second-order valence-electron chi connectivity index (χ2n) is 8.64. The molecule has 3 heterocycles. The molecule has 0 bridgehead atoms. The average Bonchev–Trinajstić information content (AvgIpc) is 3.28. The fraction of sp³-hybridized carbons (Fsp3) is 0.346. The molecule has 3 aromatic rings. The molecule has 7 nitrogen and oxygen atoms in total. The average molecular weight is 448 g/mol. The van der Waals surface area contributed by atoms with E-state index in [9.17, 15) is 14.8 Å². The van der Waals surface area contributed by atoms with Gasteiger partial charge in [0.1, 0.15) is 5.76 Å². The Bertz CT molecular complexity index is 1090. The number of aryl methyl sites for hydroxylation is 1. The summed E-state index contributed by atoms with van der Waals surface area (Å²) in [6.45, 7) is 3.04. The van der Waals surface area contributed by atoms with Gasteiger partial charge in [-0.3, -0.25) is 9.59 Å². The summed E-state index contributed by atoms with van der Waals surface area (Å²) < 4.78 is 6.03. The second-order valence-corrected chi connectivity index (χ2v) is 8.64. The van der Waals surface area contributed by atoms with Crippen LogP contribution in [0.4, 0.5) is 0 Å². The first kappa shape index (κ1) is 22.6. The Morgan fingerprint density at radius 2 is 1.79 bits per heavy atom. The Labute approximate surface area is 193 Å². The molecule has 1 aliphatic rings. The molecule has 1 aromatic carbocycles. The molecule has 0 saturated carbocycles. The second kappa shape index (κ2) is 9.90. The predicted octanol–water partition coefficient (Wildman–Crippen LogP) is 3.46. The lowest BCUT2D eigenvalue weighted by Gasteiger charge is -2.40. The zero-order valence-electron chi connectivity index (χ0n) is 19.0. The van der Waals surface area contributed by atoms with Crippen molar-refractivity contribution in [3.8, 4) is 0 Å². The Hall–Kier alpha value is -3.61. The number of amides is 2. The Kier molecular flexibility index (Phi) is 6.77. The van der Waals surface area contributed by atoms with Crippen molar-refractivity contribution in [2.75, 3.05) is 20.1 Å². The number of carbonyl (C=O) groups excluding carboxylic acids is 2. The van der Waals surface area contributed by atoms with E-state index < -0.39 is 0 Å². The van der Waals surface area contributed by atoms with Crippen molar-refractivity contribution in [3.05, 3.63) is 94.8 Å². The van der Waals surface area contributed by atoms with Gasteiger partial charge in [0.15, 0.2) is 12.4 Å². The van der Waals surface area contributed by atoms with E-state index in [0.29, 0.717) is 34.7 Å². The van der Waals surface area contributed by atoms with Crippen molar-refractivity contribution in [2.45, 2.75) is 32.2 Å². The van der Waals surface area contributed by atoms with Gasteiger partial charge in [-0.25, -0.2) is 0 Å². The summed E-state index contributed by atoms with van der Waals surface area (Å²) in [5.74, 6) is 0.769. The van der Waals surface area contributed by atoms with Gasteiger partial charge in [0.05, 0.1) is 17.4 Å². The number of aromatic nitrogens is 1. The van der Waals surface area contributed by atoms with Gasteiger partial charge in [-0.15, -0.1) is 0 Å². The van der Waals surface area contributed by atoms with Crippen molar-refractivity contribution in [1.82, 2.24) is 9.80 Å². The van der Waals surface area contributed by atoms with Crippen LogP contribution in [-0.4, -0.2) is 47.8 Å². The molecule has 2 amide bonds. The van der Waals surface area contributed by atoms with Crippen LogP contribution in [0.2, 0.25) is 0 Å². The third-order valence-corrected chi connectivity index (χ3v) is 6.61. The quantitative estimate of drug-likeness (QED) is 0.428. The Morgan fingerprint density at radius 1 is 1.12 bits per heavy atom. The molecule has 0 aliphatic carbocycles. The standard InChI is InChI=1S/C26H29N3O4/c1-19-23(12-17-33-19)26(31)27(2)24(18-20-6-4-3-5-7-20)21-8-13-28(14-9-21)25(30)22-10-15-29(32)16-11-22/h3-7,10-12,15-17,21,24H,8-9,13-14,18H2,1-2H3. The van der Waals surface area contributed by atoms with Crippen molar-refractivity contribution < 1.29 is 18.7 Å². The van der Waals surface area contributed by atoms with Gasteiger partial charge in [0.25, 0.3) is 11.8 Å². The number of furan rings is 1. The van der Waals surface area contributed by atoms with Crippen LogP contribution < -0.4 is 4.73 Å². The van der Waals surface area contributed by atoms with E-state index in [-0.39, 0.29) is 23.8 Å². The molecule has 1 aliphatic heterocycles. The molecule has 0 N–H and O–H groups in total. The maximum absolute atomic E-state index is 13.3. The first-order valence-corrected chi connectivity index (χ1v) is 11.3. The predicted molar refractivity (Wildman–Crippen MR) is 124 cm³/mol. The molecule has 1 atom stereocenters. The zero-order chi connectivity index (χ0) is 23.4. The van der Waals surface area contributed by atoms with Crippen LogP contribution in [0.1, 0.15) is 44.9 Å². The lowest BCUT2D eigenvalue weighted by molar-refractivity contribution is -0.605. The van der Waals surface area contributed by atoms with Gasteiger partial charge in [0, 0.05) is 38.3 Å². The molecule has 0 spiro atoms. The van der Waals surface area contributed by atoms with Crippen LogP contribution in [0.15, 0.2) is 71.6 Å². The first-order valence-electron chi connectivity index (χ1n) is 11.3. The van der Waals surface area contributed by atoms with Crippen LogP contribution in [-0.2, 0) is 6.42 Å². The molecule has 33 heavy (non-hydrogen) atoms. The molecule has 1 unspecified atom stereocenters. The van der Waals surface area contributed by atoms with E-state index in [2.05, 4.69) is 12.1 Å². The van der Waals surface area contributed by atoms with E-state index in [0.717, 1.165) is 19.3 Å². The van der Waals surface area contributed by atoms with Crippen LogP contribution in [0.3, 0.4) is 0 Å². The normalized spacial score (nSPS) is 15.3. The number of carbonyl (C=O) groups is 2. The summed E-state index contributed by atoms with van der Waals surface area (Å²) in [5, 5.41) is 11.3. The monoisotopic (exact) mass is 447 g/mol. The summed E-state index contributed by atoms with van der Waals surface area (Å²) in [7, 11) is 1.86. The number of nitrogens with zero attached hydrogens (tertiary/aromatic N) is 3. The third-order valence-electron chi connectivity index (χ3n) is 6.61. The number of likely N-dealkylation sites (N-methyl/N-ethyl adjacent to an activating group) is 1. The minimum Gasteiger partial charge on any atom is -0.619 e. The van der Waals surface area contributed by atoms with E-state index in [1.807, 2.05) is 35.0 Å². The number of benzene rings is 1. The van der Waals surface area contributed by atoms with Crippen LogP contribution >= 0.6 is 0 Å². The molecule has 7 heteroatoms. The van der Waals surface area contributed by atoms with Crippen LogP contribution in [0.25, 0.3) is 0 Å². The SMILES string of the molecule is Cc1occc1C(=O)N(C)C(Cc1ccccc1)C1CCN(C(=O)c2cc[n+]([O-])cc2)CC1. The number of piperidine rings is 1. The van der Waals surface area contributed by atoms with Gasteiger partial charge in [-0.1, -0.05) is 30.3 Å². The van der Waals surface area contributed by atoms with E-state index >= 15 is 0 Å². The van der Waals surface area contributed by atoms with Crippen molar-refractivity contribution in [3.63, 3.8) is 0 Å². The Balaban J connectivity index is 1.49. The summed E-state index contributed by atoms with van der Waals surface area (Å²) >= 11 is 0. The first-order chi connectivity index (χ1) is 15.9. The number of hydrogen-bond acceptors (Lipinski definition) is 4. The fourth-order valence-electron chi connectivity index (χ4n) is 4.65. The molecule has 2 aromatic heterocycles. The van der Waals surface area contributed by atoms with Gasteiger partial charge in [-0.05, 0) is 43.7 Å². The van der Waals surface area contributed by atoms with E-state index in [1.165, 1.54) is 18.0 Å². The molecular formula is C26H29N3O4. The number of likely N-dealkylation sites (tertiary alicyclic amines) is 1. The summed E-state index contributed by atoms with van der Waals surface area (Å²) in [4.78, 5) is 29.8. The maximum atomic E-state index is 13.3. The van der Waals surface area contributed by atoms with E-state index in [4.69, 9.17) is 4.42 Å². The minimum absolute atomic E-state index is 0.00241. The lowest BCUT2D eigenvalue weighted by Crippen LogP contribution is -2.48. The fourth-order valence-corrected chi connectivity index (χ4v) is 4.65. The van der Waals surface area contributed by atoms with Gasteiger partial charge in [-0.2, -0.15) is 4.73 Å². The highest BCUT2D eigenvalue weighted by atomic mass is 16.5. The van der Waals surface area contributed by atoms with Crippen LogP contribution in [0.5, 0.6) is 0 Å². The summed E-state index contributed by atoms with van der Waals surface area (Å²) in [6, 6.07) is 15.0. The number of rotatable bonds is 6. The van der Waals surface area contributed by atoms with Gasteiger partial charge < -0.3 is 19.4 Å². The molecule has 1 fully saturated rings. The van der Waals surface area contributed by atoms with Gasteiger partial charge in [0.2, 0.25) is 0 Å². The van der Waals surface area contributed by atoms with Crippen molar-refractivity contribution in [1.29, 1.82) is 0 Å². The highest BCUT2D eigenvalue weighted by Crippen LogP contribution is 2.28. The maximum Gasteiger partial charge on any atom is 0.257 e. The molecule has 0 radical (unpaired) electrons. The topological polar surface area (TPSA) is 80.7 Å². The molecule has 172 valence electrons. The highest BCUT2D eigenvalue weighted by Gasteiger charge is 2.34. The smallest absolute Gasteiger partial charge is 0.257 e. The Morgan fingerprint density at radius 3 is 2.39 bits per heavy atom. The number of pyridine rings is 1. The minimum atomic E-state index is -0.0629. The molecular weight excluding hydrogens is 418 g/mol. The number of hydrogen-bond donors (Lipinski definition) is 0. The summed E-state index contributed by atoms with van der Waals surface area (Å²) in [5.41, 5.74) is 2.28. The van der Waals surface area contributed by atoms with Crippen molar-refractivity contribution in [2.24, 2.45) is 5.92 Å². The van der Waals surface area contributed by atoms with E-state index in [1.54, 1.807) is 31.4 Å².